The van der Waals surface area contributed by atoms with E-state index >= 15 is 0 Å². The molecule has 3 aromatic rings. The van der Waals surface area contributed by atoms with Crippen LogP contribution in [0.5, 0.6) is 0 Å². The minimum Gasteiger partial charge on any atom is -0.461 e. The zero-order valence-electron chi connectivity index (χ0n) is 12.6. The van der Waals surface area contributed by atoms with Gasteiger partial charge < -0.3 is 9.73 Å². The molecule has 0 saturated heterocycles. The predicted octanol–water partition coefficient (Wildman–Crippen LogP) is 4.59. The fourth-order valence-corrected chi connectivity index (χ4v) is 2.84. The quantitative estimate of drug-likeness (QED) is 0.738. The first-order chi connectivity index (χ1) is 10.3. The Balaban J connectivity index is 1.74. The molecule has 2 nitrogen and oxygen atoms in total. The normalized spacial score (nSPS) is 11.1. The minimum atomic E-state index is 0.834. The molecule has 0 aliphatic carbocycles. The molecule has 1 heterocycles. The lowest BCUT2D eigenvalue weighted by Crippen LogP contribution is -2.14. The number of fused-ring (bicyclic) bond motifs is 1. The topological polar surface area (TPSA) is 25.2 Å². The summed E-state index contributed by atoms with van der Waals surface area (Å²) in [5.74, 6) is 1.01. The van der Waals surface area contributed by atoms with Crippen LogP contribution in [0.25, 0.3) is 11.0 Å². The smallest absolute Gasteiger partial charge is 0.134 e. The molecule has 2 aromatic carbocycles. The van der Waals surface area contributed by atoms with Gasteiger partial charge in [-0.25, -0.2) is 0 Å². The molecular weight excluding hydrogens is 258 g/mol. The van der Waals surface area contributed by atoms with Gasteiger partial charge in [-0.15, -0.1) is 0 Å². The predicted molar refractivity (Wildman–Crippen MR) is 87.3 cm³/mol. The van der Waals surface area contributed by atoms with E-state index in [0.717, 1.165) is 30.9 Å². The lowest BCUT2D eigenvalue weighted by Gasteiger charge is -2.09. The second-order valence-corrected chi connectivity index (χ2v) is 5.36. The van der Waals surface area contributed by atoms with Crippen molar-refractivity contribution in [1.82, 2.24) is 5.32 Å². The van der Waals surface area contributed by atoms with Gasteiger partial charge in [-0.05, 0) is 30.5 Å². The maximum atomic E-state index is 5.81. The van der Waals surface area contributed by atoms with E-state index in [2.05, 4.69) is 48.6 Å². The Labute approximate surface area is 125 Å². The number of benzene rings is 2. The van der Waals surface area contributed by atoms with Crippen LogP contribution < -0.4 is 5.32 Å². The third kappa shape index (κ3) is 2.86. The first kappa shape index (κ1) is 13.9. The number of hydrogen-bond donors (Lipinski definition) is 1. The minimum absolute atomic E-state index is 0.834. The van der Waals surface area contributed by atoms with Gasteiger partial charge >= 0.3 is 0 Å². The van der Waals surface area contributed by atoms with Gasteiger partial charge in [0.2, 0.25) is 0 Å². The number of aryl methyl sites for hydroxylation is 2. The maximum Gasteiger partial charge on any atom is 0.134 e. The van der Waals surface area contributed by atoms with E-state index in [9.17, 15) is 0 Å². The fraction of sp³-hybridized carbons (Fsp3) is 0.263. The first-order valence-electron chi connectivity index (χ1n) is 7.54. The molecule has 0 saturated carbocycles. The Bertz CT molecular complexity index is 742. The van der Waals surface area contributed by atoms with Crippen molar-refractivity contribution in [2.75, 3.05) is 0 Å². The highest BCUT2D eigenvalue weighted by atomic mass is 16.3. The van der Waals surface area contributed by atoms with Gasteiger partial charge in [-0.3, -0.25) is 0 Å². The Morgan fingerprint density at radius 3 is 2.43 bits per heavy atom. The Morgan fingerprint density at radius 2 is 1.62 bits per heavy atom. The highest BCUT2D eigenvalue weighted by molar-refractivity contribution is 5.82. The summed E-state index contributed by atoms with van der Waals surface area (Å²) in [5, 5.41) is 4.77. The van der Waals surface area contributed by atoms with E-state index in [0.29, 0.717) is 0 Å². The average molecular weight is 279 g/mol. The van der Waals surface area contributed by atoms with Crippen LogP contribution in [0.15, 0.2) is 52.9 Å². The largest absolute Gasteiger partial charge is 0.461 e. The van der Waals surface area contributed by atoms with E-state index in [1.807, 2.05) is 19.1 Å². The molecule has 1 N–H and O–H groups in total. The Hall–Kier alpha value is -2.06. The molecule has 0 aliphatic heterocycles. The van der Waals surface area contributed by atoms with Gasteiger partial charge in [-0.2, -0.15) is 0 Å². The van der Waals surface area contributed by atoms with Crippen LogP contribution >= 0.6 is 0 Å². The van der Waals surface area contributed by atoms with Crippen molar-refractivity contribution in [1.29, 1.82) is 0 Å². The summed E-state index contributed by atoms with van der Waals surface area (Å²) in [6.45, 7) is 5.97. The van der Waals surface area contributed by atoms with E-state index < -0.39 is 0 Å². The number of rotatable bonds is 5. The molecule has 1 aromatic heterocycles. The average Bonchev–Trinajstić information content (AvgIpc) is 2.84. The van der Waals surface area contributed by atoms with Crippen molar-refractivity contribution in [3.63, 3.8) is 0 Å². The highest BCUT2D eigenvalue weighted by Crippen LogP contribution is 2.25. The zero-order chi connectivity index (χ0) is 14.7. The third-order valence-corrected chi connectivity index (χ3v) is 4.02. The Morgan fingerprint density at radius 1 is 0.905 bits per heavy atom. The number of hydrogen-bond acceptors (Lipinski definition) is 2. The van der Waals surface area contributed by atoms with Crippen LogP contribution in [0.3, 0.4) is 0 Å². The molecule has 0 unspecified atom stereocenters. The molecular formula is C19H21NO. The van der Waals surface area contributed by atoms with E-state index in [1.165, 1.54) is 22.1 Å². The van der Waals surface area contributed by atoms with Gasteiger partial charge in [-0.1, -0.05) is 49.4 Å². The number of furan rings is 1. The molecule has 21 heavy (non-hydrogen) atoms. The molecule has 108 valence electrons. The zero-order valence-corrected chi connectivity index (χ0v) is 12.6. The van der Waals surface area contributed by atoms with Crippen molar-refractivity contribution in [2.45, 2.75) is 33.4 Å². The SMILES string of the molecule is CCc1ccccc1CNCc1c(C)oc2ccccc12. The summed E-state index contributed by atoms with van der Waals surface area (Å²) in [7, 11) is 0. The molecule has 0 atom stereocenters. The van der Waals surface area contributed by atoms with Crippen molar-refractivity contribution >= 4 is 11.0 Å². The summed E-state index contributed by atoms with van der Waals surface area (Å²) in [4.78, 5) is 0. The van der Waals surface area contributed by atoms with Crippen molar-refractivity contribution < 1.29 is 4.42 Å². The van der Waals surface area contributed by atoms with E-state index in [1.54, 1.807) is 0 Å². The maximum absolute atomic E-state index is 5.81. The first-order valence-corrected chi connectivity index (χ1v) is 7.54. The highest BCUT2D eigenvalue weighted by Gasteiger charge is 2.09. The molecule has 0 aliphatic rings. The van der Waals surface area contributed by atoms with Gasteiger partial charge in [0.1, 0.15) is 11.3 Å². The van der Waals surface area contributed by atoms with Crippen LogP contribution in [0, 0.1) is 6.92 Å². The molecule has 2 heteroatoms. The summed E-state index contributed by atoms with van der Waals surface area (Å²) < 4.78 is 5.81. The molecule has 0 spiro atoms. The van der Waals surface area contributed by atoms with Crippen LogP contribution in [0.4, 0.5) is 0 Å². The van der Waals surface area contributed by atoms with Crippen molar-refractivity contribution in [2.24, 2.45) is 0 Å². The van der Waals surface area contributed by atoms with E-state index in [-0.39, 0.29) is 0 Å². The van der Waals surface area contributed by atoms with E-state index in [4.69, 9.17) is 4.42 Å². The molecule has 0 amide bonds. The van der Waals surface area contributed by atoms with Crippen molar-refractivity contribution in [3.05, 3.63) is 71.0 Å². The Kier molecular flexibility index (Phi) is 4.07. The standard InChI is InChI=1S/C19H21NO/c1-3-15-8-4-5-9-16(15)12-20-13-18-14(2)21-19-11-7-6-10-17(18)19/h4-11,20H,3,12-13H2,1-2H3. The van der Waals surface area contributed by atoms with Gasteiger partial charge in [0.15, 0.2) is 0 Å². The summed E-state index contributed by atoms with van der Waals surface area (Å²) in [5.41, 5.74) is 5.03. The van der Waals surface area contributed by atoms with Crippen LogP contribution in [-0.4, -0.2) is 0 Å². The lowest BCUT2D eigenvalue weighted by molar-refractivity contribution is 0.565. The van der Waals surface area contributed by atoms with Crippen molar-refractivity contribution in [3.8, 4) is 0 Å². The summed E-state index contributed by atoms with van der Waals surface area (Å²) >= 11 is 0. The molecule has 0 fully saturated rings. The molecule has 0 bridgehead atoms. The number of para-hydroxylation sites is 1. The van der Waals surface area contributed by atoms with Crippen LogP contribution in [0.2, 0.25) is 0 Å². The molecule has 3 rings (SSSR count). The van der Waals surface area contributed by atoms with Crippen LogP contribution in [0.1, 0.15) is 29.4 Å². The molecule has 0 radical (unpaired) electrons. The third-order valence-electron chi connectivity index (χ3n) is 4.02. The summed E-state index contributed by atoms with van der Waals surface area (Å²) in [6.07, 6.45) is 1.07. The van der Waals surface area contributed by atoms with Gasteiger partial charge in [0.05, 0.1) is 0 Å². The van der Waals surface area contributed by atoms with Gasteiger partial charge in [0.25, 0.3) is 0 Å². The fourth-order valence-electron chi connectivity index (χ4n) is 2.84. The second kappa shape index (κ2) is 6.15. The monoisotopic (exact) mass is 279 g/mol. The summed E-state index contributed by atoms with van der Waals surface area (Å²) in [6, 6.07) is 16.8. The second-order valence-electron chi connectivity index (χ2n) is 5.36. The number of nitrogens with one attached hydrogen (secondary N) is 1. The lowest BCUT2D eigenvalue weighted by atomic mass is 10.1. The van der Waals surface area contributed by atoms with Gasteiger partial charge in [0, 0.05) is 24.0 Å². The van der Waals surface area contributed by atoms with Crippen LogP contribution in [-0.2, 0) is 19.5 Å².